The standard InChI is InChI=1S/C6H5NO2/c8-6(9)5-3-1-2-4-7-5/h1-4H,(H,8,9)/i2T. The zero-order valence-corrected chi connectivity index (χ0v) is 4.53. The van der Waals surface area contributed by atoms with E-state index in [9.17, 15) is 4.79 Å². The van der Waals surface area contributed by atoms with Crippen molar-refractivity contribution in [3.8, 4) is 0 Å². The van der Waals surface area contributed by atoms with Crippen LogP contribution in [0.5, 0.6) is 0 Å². The van der Waals surface area contributed by atoms with Gasteiger partial charge in [-0.3, -0.25) is 0 Å². The third-order valence-electron chi connectivity index (χ3n) is 0.835. The van der Waals surface area contributed by atoms with Crippen molar-refractivity contribution in [1.29, 1.82) is 0 Å². The van der Waals surface area contributed by atoms with Crippen molar-refractivity contribution in [2.24, 2.45) is 0 Å². The lowest BCUT2D eigenvalue weighted by molar-refractivity contribution is 0.0690. The number of carboxylic acids is 1. The van der Waals surface area contributed by atoms with Gasteiger partial charge in [0.05, 0.1) is 1.37 Å². The summed E-state index contributed by atoms with van der Waals surface area (Å²) in [6.45, 7) is 0. The summed E-state index contributed by atoms with van der Waals surface area (Å²) in [4.78, 5) is 13.7. The summed E-state index contributed by atoms with van der Waals surface area (Å²) in [7, 11) is 0. The maximum absolute atomic E-state index is 10.2. The number of pyridine rings is 1. The highest BCUT2D eigenvalue weighted by atomic mass is 16.4. The van der Waals surface area contributed by atoms with E-state index >= 15 is 0 Å². The lowest BCUT2D eigenvalue weighted by atomic mass is 10.4. The van der Waals surface area contributed by atoms with Gasteiger partial charge in [-0.05, 0) is 12.1 Å². The molecule has 1 aromatic heterocycles. The lowest BCUT2D eigenvalue weighted by Gasteiger charge is -1.87. The SMILES string of the molecule is [3H]c1ccc(C(=O)O)nc1. The summed E-state index contributed by atoms with van der Waals surface area (Å²) in [5, 5.41) is 8.35. The molecule has 0 saturated carbocycles. The monoisotopic (exact) mass is 125 g/mol. The van der Waals surface area contributed by atoms with Crippen molar-refractivity contribution < 1.29 is 11.3 Å². The average molecular weight is 125 g/mol. The Bertz CT molecular complexity index is 244. The van der Waals surface area contributed by atoms with Crippen LogP contribution in [0.4, 0.5) is 0 Å². The van der Waals surface area contributed by atoms with E-state index in [1.807, 2.05) is 0 Å². The van der Waals surface area contributed by atoms with Gasteiger partial charge in [0.2, 0.25) is 0 Å². The van der Waals surface area contributed by atoms with Gasteiger partial charge in [0.1, 0.15) is 5.69 Å². The van der Waals surface area contributed by atoms with Crippen molar-refractivity contribution in [3.05, 3.63) is 30.1 Å². The first-order valence-electron chi connectivity index (χ1n) is 2.86. The first kappa shape index (κ1) is 4.49. The Hall–Kier alpha value is -1.38. The average Bonchev–Trinajstić information content (AvgIpc) is 1.88. The van der Waals surface area contributed by atoms with Crippen LogP contribution in [0.15, 0.2) is 24.4 Å². The second-order valence-electron chi connectivity index (χ2n) is 1.45. The van der Waals surface area contributed by atoms with E-state index in [0.717, 1.165) is 0 Å². The van der Waals surface area contributed by atoms with E-state index in [4.69, 9.17) is 6.48 Å². The normalized spacial score (nSPS) is 10.4. The van der Waals surface area contributed by atoms with E-state index in [2.05, 4.69) is 4.98 Å². The number of carboxylic acid groups (broad SMARTS) is 1. The van der Waals surface area contributed by atoms with Gasteiger partial charge >= 0.3 is 5.97 Å². The van der Waals surface area contributed by atoms with Crippen LogP contribution < -0.4 is 0 Å². The molecule has 9 heavy (non-hydrogen) atoms. The molecule has 1 aromatic rings. The van der Waals surface area contributed by atoms with E-state index in [1.165, 1.54) is 18.3 Å². The summed E-state index contributed by atoms with van der Waals surface area (Å²) in [5.74, 6) is -1.07. The first-order chi connectivity index (χ1) is 4.70. The van der Waals surface area contributed by atoms with Crippen molar-refractivity contribution in [1.82, 2.24) is 4.98 Å². The number of nitrogens with zero attached hydrogens (tertiary/aromatic N) is 1. The molecular weight excluding hydrogens is 118 g/mol. The molecule has 0 spiro atoms. The largest absolute Gasteiger partial charge is 0.477 e. The van der Waals surface area contributed by atoms with Gasteiger partial charge in [0.25, 0.3) is 0 Å². The van der Waals surface area contributed by atoms with Crippen LogP contribution in [-0.4, -0.2) is 16.1 Å². The second-order valence-corrected chi connectivity index (χ2v) is 1.45. The van der Waals surface area contributed by atoms with Gasteiger partial charge in [-0.2, -0.15) is 0 Å². The highest BCUT2D eigenvalue weighted by Gasteiger charge is 1.98. The van der Waals surface area contributed by atoms with Gasteiger partial charge in [-0.15, -0.1) is 0 Å². The summed E-state index contributed by atoms with van der Waals surface area (Å²) >= 11 is 0. The maximum Gasteiger partial charge on any atom is 0.354 e. The molecule has 0 aliphatic heterocycles. The highest BCUT2D eigenvalue weighted by Crippen LogP contribution is 1.90. The Balaban J connectivity index is 3.00. The first-order valence-corrected chi connectivity index (χ1v) is 2.36. The molecule has 1 N–H and O–H groups in total. The van der Waals surface area contributed by atoms with Crippen LogP contribution >= 0.6 is 0 Å². The Morgan fingerprint density at radius 2 is 2.67 bits per heavy atom. The zero-order valence-electron chi connectivity index (χ0n) is 5.53. The Morgan fingerprint density at radius 1 is 1.89 bits per heavy atom. The fourth-order valence-corrected chi connectivity index (χ4v) is 0.446. The Morgan fingerprint density at radius 3 is 3.11 bits per heavy atom. The minimum atomic E-state index is -1.07. The molecule has 0 aliphatic rings. The number of carbonyl (C=O) groups is 1. The van der Waals surface area contributed by atoms with Crippen molar-refractivity contribution in [2.75, 3.05) is 0 Å². The number of aromatic nitrogens is 1. The molecule has 0 saturated heterocycles. The predicted molar refractivity (Wildman–Crippen MR) is 31.2 cm³/mol. The number of aromatic carboxylic acids is 1. The van der Waals surface area contributed by atoms with Crippen LogP contribution in [0.1, 0.15) is 11.9 Å². The molecule has 0 unspecified atom stereocenters. The molecule has 3 heteroatoms. The van der Waals surface area contributed by atoms with Gasteiger partial charge < -0.3 is 5.11 Å². The number of rotatable bonds is 1. The molecule has 0 radical (unpaired) electrons. The van der Waals surface area contributed by atoms with Crippen LogP contribution in [0.2, 0.25) is 0 Å². The van der Waals surface area contributed by atoms with Crippen molar-refractivity contribution in [2.45, 2.75) is 0 Å². The minimum absolute atomic E-state index is 0.0315. The van der Waals surface area contributed by atoms with Gasteiger partial charge in [0, 0.05) is 6.20 Å². The van der Waals surface area contributed by atoms with E-state index in [-0.39, 0.29) is 11.7 Å². The van der Waals surface area contributed by atoms with E-state index < -0.39 is 5.97 Å². The molecule has 0 aromatic carbocycles. The molecule has 46 valence electrons. The maximum atomic E-state index is 10.2. The van der Waals surface area contributed by atoms with Gasteiger partial charge in [-0.25, -0.2) is 9.78 Å². The van der Waals surface area contributed by atoms with E-state index in [0.29, 0.717) is 0 Å². The van der Waals surface area contributed by atoms with Crippen LogP contribution in [0.25, 0.3) is 0 Å². The third kappa shape index (κ3) is 1.25. The van der Waals surface area contributed by atoms with Crippen molar-refractivity contribution >= 4 is 5.97 Å². The second kappa shape index (κ2) is 2.26. The van der Waals surface area contributed by atoms with Crippen molar-refractivity contribution in [3.63, 3.8) is 0 Å². The Labute approximate surface area is 53.4 Å². The van der Waals surface area contributed by atoms with E-state index in [1.54, 1.807) is 0 Å². The quantitative estimate of drug-likeness (QED) is 0.603. The predicted octanol–water partition coefficient (Wildman–Crippen LogP) is 0.780. The fraction of sp³-hybridized carbons (Fsp3) is 0. The molecule has 0 atom stereocenters. The lowest BCUT2D eigenvalue weighted by Crippen LogP contribution is -1.97. The third-order valence-corrected chi connectivity index (χ3v) is 0.835. The summed E-state index contributed by atoms with van der Waals surface area (Å²) in [5.41, 5.74) is -0.0315. The van der Waals surface area contributed by atoms with Gasteiger partial charge in [0.15, 0.2) is 0 Å². The van der Waals surface area contributed by atoms with Crippen LogP contribution in [0, 0.1) is 0 Å². The fourth-order valence-electron chi connectivity index (χ4n) is 0.446. The van der Waals surface area contributed by atoms with Crippen LogP contribution in [0.3, 0.4) is 0 Å². The Kier molecular flexibility index (Phi) is 1.13. The number of hydrogen-bond acceptors (Lipinski definition) is 2. The summed E-state index contributed by atoms with van der Waals surface area (Å²) in [6.07, 6.45) is 1.20. The zero-order chi connectivity index (χ0) is 7.56. The number of hydrogen-bond donors (Lipinski definition) is 1. The van der Waals surface area contributed by atoms with Crippen LogP contribution in [-0.2, 0) is 0 Å². The topological polar surface area (TPSA) is 50.2 Å². The minimum Gasteiger partial charge on any atom is -0.477 e. The molecule has 0 amide bonds. The molecule has 0 aliphatic carbocycles. The molecule has 0 fully saturated rings. The molecular formula is C6H5NO2. The molecule has 1 rings (SSSR count). The molecule has 3 nitrogen and oxygen atoms in total. The molecule has 0 bridgehead atoms. The smallest absolute Gasteiger partial charge is 0.354 e. The summed E-state index contributed by atoms with van der Waals surface area (Å²) in [6, 6.07) is 2.89. The highest BCUT2D eigenvalue weighted by molar-refractivity contribution is 5.85. The summed E-state index contributed by atoms with van der Waals surface area (Å²) < 4.78 is 6.98. The molecule has 1 heterocycles. The van der Waals surface area contributed by atoms with Gasteiger partial charge in [-0.1, -0.05) is 6.07 Å².